The molecule has 23 heavy (non-hydrogen) atoms. The molecule has 0 saturated heterocycles. The summed E-state index contributed by atoms with van der Waals surface area (Å²) < 4.78 is 0.852. The minimum atomic E-state index is -0.548. The van der Waals surface area contributed by atoms with Crippen LogP contribution in [0.3, 0.4) is 0 Å². The van der Waals surface area contributed by atoms with E-state index >= 15 is 0 Å². The Morgan fingerprint density at radius 1 is 0.957 bits per heavy atom. The van der Waals surface area contributed by atoms with Crippen LogP contribution < -0.4 is 16.2 Å². The average Bonchev–Trinajstić information content (AvgIpc) is 2.59. The summed E-state index contributed by atoms with van der Waals surface area (Å²) in [6, 6.07) is 9.87. The summed E-state index contributed by atoms with van der Waals surface area (Å²) in [6.45, 7) is -0.262. The third kappa shape index (κ3) is 5.19. The Balaban J connectivity index is 1.76. The minimum Gasteiger partial charge on any atom is -0.343 e. The first-order chi connectivity index (χ1) is 11.1. The van der Waals surface area contributed by atoms with Gasteiger partial charge in [-0.05, 0) is 36.4 Å². The summed E-state index contributed by atoms with van der Waals surface area (Å²) >= 11 is 3.27. The largest absolute Gasteiger partial charge is 0.343 e. The standard InChI is InChI=1S/C15H13BrN4O3/c16-12-5-3-10(4-6-12)14(22)18-9-13(21)19-20-15(23)11-2-1-7-17-8-11/h1-8H,9H2,(H,18,22)(H,19,21)(H,20,23). The van der Waals surface area contributed by atoms with E-state index in [-0.39, 0.29) is 12.5 Å². The Morgan fingerprint density at radius 2 is 1.70 bits per heavy atom. The van der Waals surface area contributed by atoms with Crippen LogP contribution in [0, 0.1) is 0 Å². The molecule has 0 saturated carbocycles. The lowest BCUT2D eigenvalue weighted by Gasteiger charge is -2.08. The monoisotopic (exact) mass is 376 g/mol. The fourth-order valence-corrected chi connectivity index (χ4v) is 1.87. The van der Waals surface area contributed by atoms with Crippen LogP contribution in [0.1, 0.15) is 20.7 Å². The van der Waals surface area contributed by atoms with E-state index in [0.717, 1.165) is 4.47 Å². The molecule has 1 heterocycles. The van der Waals surface area contributed by atoms with Crippen molar-refractivity contribution in [3.05, 3.63) is 64.4 Å². The fraction of sp³-hybridized carbons (Fsp3) is 0.0667. The number of rotatable bonds is 4. The highest BCUT2D eigenvalue weighted by Gasteiger charge is 2.09. The number of carbonyl (C=O) groups is 3. The van der Waals surface area contributed by atoms with Gasteiger partial charge in [-0.25, -0.2) is 0 Å². The predicted molar refractivity (Wildman–Crippen MR) is 86.3 cm³/mol. The summed E-state index contributed by atoms with van der Waals surface area (Å²) in [5, 5.41) is 2.45. The molecule has 1 aromatic carbocycles. The smallest absolute Gasteiger partial charge is 0.271 e. The number of carbonyl (C=O) groups excluding carboxylic acids is 3. The van der Waals surface area contributed by atoms with Crippen molar-refractivity contribution in [3.63, 3.8) is 0 Å². The molecular formula is C15H13BrN4O3. The molecule has 2 rings (SSSR count). The molecule has 0 atom stereocenters. The van der Waals surface area contributed by atoms with Gasteiger partial charge in [0.2, 0.25) is 0 Å². The zero-order chi connectivity index (χ0) is 16.7. The fourth-order valence-electron chi connectivity index (χ4n) is 1.60. The first-order valence-electron chi connectivity index (χ1n) is 6.59. The van der Waals surface area contributed by atoms with Gasteiger partial charge in [-0.15, -0.1) is 0 Å². The topological polar surface area (TPSA) is 100 Å². The van der Waals surface area contributed by atoms with Crippen LogP contribution in [0.15, 0.2) is 53.3 Å². The Labute approximate surface area is 140 Å². The van der Waals surface area contributed by atoms with Gasteiger partial charge in [-0.3, -0.25) is 30.2 Å². The molecule has 0 bridgehead atoms. The number of hydrogen-bond acceptors (Lipinski definition) is 4. The summed E-state index contributed by atoms with van der Waals surface area (Å²) in [7, 11) is 0. The van der Waals surface area contributed by atoms with E-state index in [2.05, 4.69) is 37.1 Å². The Kier molecular flexibility index (Phi) is 5.81. The molecule has 1 aromatic heterocycles. The molecule has 3 N–H and O–H groups in total. The van der Waals surface area contributed by atoms with Gasteiger partial charge in [0.25, 0.3) is 17.7 Å². The molecule has 0 spiro atoms. The van der Waals surface area contributed by atoms with Gasteiger partial charge in [0.1, 0.15) is 0 Å². The van der Waals surface area contributed by atoms with Gasteiger partial charge >= 0.3 is 0 Å². The van der Waals surface area contributed by atoms with Crippen LogP contribution in [0.2, 0.25) is 0 Å². The van der Waals surface area contributed by atoms with Crippen molar-refractivity contribution in [1.29, 1.82) is 0 Å². The van der Waals surface area contributed by atoms with Gasteiger partial charge in [-0.2, -0.15) is 0 Å². The molecule has 7 nitrogen and oxygen atoms in total. The van der Waals surface area contributed by atoms with E-state index in [9.17, 15) is 14.4 Å². The van der Waals surface area contributed by atoms with E-state index < -0.39 is 11.8 Å². The van der Waals surface area contributed by atoms with Crippen molar-refractivity contribution < 1.29 is 14.4 Å². The molecule has 3 amide bonds. The van der Waals surface area contributed by atoms with Crippen LogP contribution >= 0.6 is 15.9 Å². The molecule has 0 unspecified atom stereocenters. The maximum atomic E-state index is 11.8. The Hall–Kier alpha value is -2.74. The average molecular weight is 377 g/mol. The molecule has 0 fully saturated rings. The van der Waals surface area contributed by atoms with E-state index in [4.69, 9.17) is 0 Å². The number of hydrogen-bond donors (Lipinski definition) is 3. The predicted octanol–water partition coefficient (Wildman–Crippen LogP) is 1.04. The number of halogens is 1. The van der Waals surface area contributed by atoms with Crippen LogP contribution in [-0.2, 0) is 4.79 Å². The number of amides is 3. The van der Waals surface area contributed by atoms with Gasteiger partial charge in [0, 0.05) is 22.4 Å². The lowest BCUT2D eigenvalue weighted by atomic mass is 10.2. The summed E-state index contributed by atoms with van der Waals surface area (Å²) in [5.74, 6) is -1.43. The first kappa shape index (κ1) is 16.6. The highest BCUT2D eigenvalue weighted by molar-refractivity contribution is 9.10. The Morgan fingerprint density at radius 3 is 2.35 bits per heavy atom. The van der Waals surface area contributed by atoms with Gasteiger partial charge in [-0.1, -0.05) is 15.9 Å². The van der Waals surface area contributed by atoms with Crippen LogP contribution in [0.5, 0.6) is 0 Å². The molecule has 0 radical (unpaired) electrons. The maximum Gasteiger partial charge on any atom is 0.271 e. The van der Waals surface area contributed by atoms with Gasteiger partial charge in [0.05, 0.1) is 12.1 Å². The van der Waals surface area contributed by atoms with Crippen molar-refractivity contribution in [2.24, 2.45) is 0 Å². The van der Waals surface area contributed by atoms with Crippen molar-refractivity contribution in [3.8, 4) is 0 Å². The Bertz CT molecular complexity index is 704. The van der Waals surface area contributed by atoms with Gasteiger partial charge < -0.3 is 5.32 Å². The second-order valence-electron chi connectivity index (χ2n) is 4.43. The summed E-state index contributed by atoms with van der Waals surface area (Å²) in [4.78, 5) is 38.9. The second-order valence-corrected chi connectivity index (χ2v) is 5.35. The number of aromatic nitrogens is 1. The van der Waals surface area contributed by atoms with E-state index in [1.165, 1.54) is 12.4 Å². The summed E-state index contributed by atoms with van der Waals surface area (Å²) in [5.41, 5.74) is 5.18. The molecule has 0 aliphatic carbocycles. The van der Waals surface area contributed by atoms with Crippen LogP contribution in [0.4, 0.5) is 0 Å². The molecule has 0 aliphatic rings. The van der Waals surface area contributed by atoms with Crippen LogP contribution in [-0.4, -0.2) is 29.3 Å². The molecule has 0 aliphatic heterocycles. The SMILES string of the molecule is O=C(CNC(=O)c1ccc(Br)cc1)NNC(=O)c1cccnc1. The van der Waals surface area contributed by atoms with E-state index in [1.54, 1.807) is 36.4 Å². The quantitative estimate of drug-likeness (QED) is 0.693. The molecular weight excluding hydrogens is 364 g/mol. The highest BCUT2D eigenvalue weighted by Crippen LogP contribution is 2.10. The third-order valence-corrected chi connectivity index (χ3v) is 3.28. The van der Waals surface area contributed by atoms with Crippen LogP contribution in [0.25, 0.3) is 0 Å². The zero-order valence-corrected chi connectivity index (χ0v) is 13.5. The van der Waals surface area contributed by atoms with E-state index in [0.29, 0.717) is 11.1 Å². The lowest BCUT2D eigenvalue weighted by Crippen LogP contribution is -2.46. The number of pyridine rings is 1. The van der Waals surface area contributed by atoms with Crippen molar-refractivity contribution in [1.82, 2.24) is 21.2 Å². The molecule has 8 heteroatoms. The van der Waals surface area contributed by atoms with Crippen molar-refractivity contribution >= 4 is 33.7 Å². The van der Waals surface area contributed by atoms with Crippen molar-refractivity contribution in [2.45, 2.75) is 0 Å². The highest BCUT2D eigenvalue weighted by atomic mass is 79.9. The van der Waals surface area contributed by atoms with Gasteiger partial charge in [0.15, 0.2) is 0 Å². The molecule has 118 valence electrons. The maximum absolute atomic E-state index is 11.8. The van der Waals surface area contributed by atoms with Crippen molar-refractivity contribution in [2.75, 3.05) is 6.54 Å². The first-order valence-corrected chi connectivity index (χ1v) is 7.38. The normalized spacial score (nSPS) is 9.78. The molecule has 2 aromatic rings. The second kappa shape index (κ2) is 8.04. The number of nitrogens with one attached hydrogen (secondary N) is 3. The number of benzene rings is 1. The minimum absolute atomic E-state index is 0.262. The number of nitrogens with zero attached hydrogens (tertiary/aromatic N) is 1. The zero-order valence-electron chi connectivity index (χ0n) is 11.9. The summed E-state index contributed by atoms with van der Waals surface area (Å²) in [6.07, 6.45) is 2.91. The third-order valence-electron chi connectivity index (χ3n) is 2.76. The number of hydrazine groups is 1. The van der Waals surface area contributed by atoms with E-state index in [1.807, 2.05) is 0 Å². The lowest BCUT2D eigenvalue weighted by molar-refractivity contribution is -0.120.